The summed E-state index contributed by atoms with van der Waals surface area (Å²) in [5.41, 5.74) is 5.75. The van der Waals surface area contributed by atoms with Crippen molar-refractivity contribution in [3.63, 3.8) is 0 Å². The molecule has 0 saturated carbocycles. The first-order valence-corrected chi connectivity index (χ1v) is 7.99. The molecule has 1 rings (SSSR count). The Morgan fingerprint density at radius 2 is 1.94 bits per heavy atom. The molecule has 18 heavy (non-hydrogen) atoms. The monoisotopic (exact) mass is 294 g/mol. The van der Waals surface area contributed by atoms with Gasteiger partial charge in [0.05, 0.1) is 11.0 Å². The molecule has 8 heteroatoms. The molecular weight excluding hydrogens is 272 g/mol. The minimum absolute atomic E-state index is 0.0874. The van der Waals surface area contributed by atoms with Crippen LogP contribution in [0, 0.1) is 0 Å². The summed E-state index contributed by atoms with van der Waals surface area (Å²) < 4.78 is 27.1. The highest BCUT2D eigenvalue weighted by Crippen LogP contribution is 2.13. The van der Waals surface area contributed by atoms with Gasteiger partial charge in [-0.25, -0.2) is 4.72 Å². The Morgan fingerprint density at radius 3 is 2.33 bits per heavy atom. The normalized spacial score (nSPS) is 20.8. The second-order valence-electron chi connectivity index (χ2n) is 4.35. The minimum Gasteiger partial charge on any atom is -0.392 e. The zero-order valence-corrected chi connectivity index (χ0v) is 12.6. The van der Waals surface area contributed by atoms with Crippen LogP contribution in [0.15, 0.2) is 0 Å². The maximum atomic E-state index is 11.6. The molecule has 0 aliphatic carbocycles. The molecule has 3 N–H and O–H groups in total. The van der Waals surface area contributed by atoms with Crippen molar-refractivity contribution in [1.29, 1.82) is 0 Å². The predicted octanol–water partition coefficient (Wildman–Crippen LogP) is -0.477. The highest BCUT2D eigenvalue weighted by Gasteiger charge is 2.29. The zero-order chi connectivity index (χ0) is 13.8. The van der Waals surface area contributed by atoms with E-state index in [2.05, 4.69) is 16.5 Å². The zero-order valence-electron chi connectivity index (χ0n) is 10.9. The third-order valence-electron chi connectivity index (χ3n) is 3.20. The van der Waals surface area contributed by atoms with Gasteiger partial charge in [-0.05, 0) is 6.42 Å². The van der Waals surface area contributed by atoms with E-state index >= 15 is 0 Å². The molecule has 1 heterocycles. The van der Waals surface area contributed by atoms with Gasteiger partial charge in [0.25, 0.3) is 10.2 Å². The second-order valence-corrected chi connectivity index (χ2v) is 6.70. The van der Waals surface area contributed by atoms with E-state index < -0.39 is 10.2 Å². The molecule has 0 aromatic heterocycles. The third-order valence-corrected chi connectivity index (χ3v) is 5.04. The molecule has 1 aliphatic rings. The summed E-state index contributed by atoms with van der Waals surface area (Å²) >= 11 is 5.08. The summed E-state index contributed by atoms with van der Waals surface area (Å²) in [6.45, 7) is 4.39. The standard InChI is InChI=1S/C10H22N4O2S2/c1-3-4-9(10(11)17)13-5-7-14(8-6-13)18(15,16)12-2/h9,12H,3-8H2,1-2H3,(H2,11,17). The Kier molecular flexibility index (Phi) is 5.93. The largest absolute Gasteiger partial charge is 0.392 e. The lowest BCUT2D eigenvalue weighted by molar-refractivity contribution is 0.161. The van der Waals surface area contributed by atoms with Gasteiger partial charge in [-0.3, -0.25) is 4.90 Å². The van der Waals surface area contributed by atoms with Crippen molar-refractivity contribution < 1.29 is 8.42 Å². The average Bonchev–Trinajstić information content (AvgIpc) is 2.36. The van der Waals surface area contributed by atoms with Crippen molar-refractivity contribution in [2.45, 2.75) is 25.8 Å². The minimum atomic E-state index is -3.31. The topological polar surface area (TPSA) is 78.7 Å². The number of hydrogen-bond acceptors (Lipinski definition) is 4. The Morgan fingerprint density at radius 1 is 1.39 bits per heavy atom. The average molecular weight is 294 g/mol. The molecule has 1 atom stereocenters. The molecule has 0 amide bonds. The van der Waals surface area contributed by atoms with Crippen LogP contribution in [-0.4, -0.2) is 61.9 Å². The maximum absolute atomic E-state index is 11.6. The van der Waals surface area contributed by atoms with Crippen LogP contribution in [-0.2, 0) is 10.2 Å². The van der Waals surface area contributed by atoms with Gasteiger partial charge in [0.15, 0.2) is 0 Å². The quantitative estimate of drug-likeness (QED) is 0.647. The Labute approximate surface area is 115 Å². The van der Waals surface area contributed by atoms with E-state index in [4.69, 9.17) is 18.0 Å². The van der Waals surface area contributed by atoms with Gasteiger partial charge in [0.1, 0.15) is 0 Å². The van der Waals surface area contributed by atoms with Crippen molar-refractivity contribution in [2.24, 2.45) is 5.73 Å². The van der Waals surface area contributed by atoms with E-state index in [0.717, 1.165) is 12.8 Å². The summed E-state index contributed by atoms with van der Waals surface area (Å²) in [6, 6.07) is 0.0874. The summed E-state index contributed by atoms with van der Waals surface area (Å²) in [7, 11) is -1.88. The van der Waals surface area contributed by atoms with Gasteiger partial charge in [-0.15, -0.1) is 0 Å². The lowest BCUT2D eigenvalue weighted by Crippen LogP contribution is -2.56. The molecule has 6 nitrogen and oxygen atoms in total. The first-order valence-electron chi connectivity index (χ1n) is 6.14. The smallest absolute Gasteiger partial charge is 0.279 e. The highest BCUT2D eigenvalue weighted by molar-refractivity contribution is 7.87. The Hall–Kier alpha value is -0.280. The molecule has 0 spiro atoms. The Balaban J connectivity index is 2.60. The van der Waals surface area contributed by atoms with Crippen LogP contribution in [0.2, 0.25) is 0 Å². The molecule has 0 aromatic rings. The van der Waals surface area contributed by atoms with Crippen molar-refractivity contribution in [3.05, 3.63) is 0 Å². The fourth-order valence-corrected chi connectivity index (χ4v) is 3.33. The van der Waals surface area contributed by atoms with Crippen LogP contribution in [0.4, 0.5) is 0 Å². The fourth-order valence-electron chi connectivity index (χ4n) is 2.16. The van der Waals surface area contributed by atoms with Crippen LogP contribution in [0.5, 0.6) is 0 Å². The number of rotatable bonds is 6. The predicted molar refractivity (Wildman–Crippen MR) is 76.6 cm³/mol. The molecule has 106 valence electrons. The molecule has 0 aromatic carbocycles. The number of hydrogen-bond donors (Lipinski definition) is 2. The first kappa shape index (κ1) is 15.8. The molecule has 1 aliphatic heterocycles. The number of thiocarbonyl (C=S) groups is 1. The summed E-state index contributed by atoms with van der Waals surface area (Å²) in [4.78, 5) is 2.68. The van der Waals surface area contributed by atoms with Crippen LogP contribution in [0.25, 0.3) is 0 Å². The molecule has 1 fully saturated rings. The molecule has 0 bridgehead atoms. The van der Waals surface area contributed by atoms with Crippen LogP contribution in [0.3, 0.4) is 0 Å². The second kappa shape index (κ2) is 6.76. The van der Waals surface area contributed by atoms with Crippen molar-refractivity contribution in [2.75, 3.05) is 33.2 Å². The summed E-state index contributed by atoms with van der Waals surface area (Å²) in [5, 5.41) is 0. The number of nitrogens with one attached hydrogen (secondary N) is 1. The van der Waals surface area contributed by atoms with E-state index in [1.165, 1.54) is 11.4 Å². The van der Waals surface area contributed by atoms with Crippen molar-refractivity contribution in [3.8, 4) is 0 Å². The van der Waals surface area contributed by atoms with Gasteiger partial charge in [-0.1, -0.05) is 25.6 Å². The number of nitrogens with zero attached hydrogens (tertiary/aromatic N) is 2. The van der Waals surface area contributed by atoms with Gasteiger partial charge >= 0.3 is 0 Å². The molecule has 1 saturated heterocycles. The molecule has 0 radical (unpaired) electrons. The number of piperazine rings is 1. The SMILES string of the molecule is CCCC(C(N)=S)N1CCN(S(=O)(=O)NC)CC1. The van der Waals surface area contributed by atoms with Crippen LogP contribution < -0.4 is 10.5 Å². The third kappa shape index (κ3) is 3.86. The van der Waals surface area contributed by atoms with E-state index in [1.807, 2.05) is 0 Å². The van der Waals surface area contributed by atoms with Crippen molar-refractivity contribution in [1.82, 2.24) is 13.9 Å². The lowest BCUT2D eigenvalue weighted by Gasteiger charge is -2.38. The van der Waals surface area contributed by atoms with E-state index in [1.54, 1.807) is 0 Å². The van der Waals surface area contributed by atoms with Gasteiger partial charge in [-0.2, -0.15) is 12.7 Å². The Bertz CT molecular complexity index is 377. The van der Waals surface area contributed by atoms with Crippen LogP contribution in [0.1, 0.15) is 19.8 Å². The van der Waals surface area contributed by atoms with Gasteiger partial charge < -0.3 is 5.73 Å². The number of nitrogens with two attached hydrogens (primary N) is 1. The summed E-state index contributed by atoms with van der Waals surface area (Å²) in [5.74, 6) is 0. The van der Waals surface area contributed by atoms with Crippen LogP contribution >= 0.6 is 12.2 Å². The van der Waals surface area contributed by atoms with Crippen molar-refractivity contribution >= 4 is 27.4 Å². The van der Waals surface area contributed by atoms with Gasteiger partial charge in [0, 0.05) is 33.2 Å². The fraction of sp³-hybridized carbons (Fsp3) is 0.900. The molecular formula is C10H22N4O2S2. The molecule has 1 unspecified atom stereocenters. The summed E-state index contributed by atoms with van der Waals surface area (Å²) in [6.07, 6.45) is 1.94. The lowest BCUT2D eigenvalue weighted by atomic mass is 10.1. The first-order chi connectivity index (χ1) is 8.42. The van der Waals surface area contributed by atoms with Gasteiger partial charge in [0.2, 0.25) is 0 Å². The van der Waals surface area contributed by atoms with E-state index in [0.29, 0.717) is 31.2 Å². The van der Waals surface area contributed by atoms with E-state index in [-0.39, 0.29) is 6.04 Å². The highest BCUT2D eigenvalue weighted by atomic mass is 32.2. The maximum Gasteiger partial charge on any atom is 0.279 e. The van der Waals surface area contributed by atoms with E-state index in [9.17, 15) is 8.42 Å².